The van der Waals surface area contributed by atoms with Crippen molar-refractivity contribution in [2.75, 3.05) is 32.5 Å². The van der Waals surface area contributed by atoms with Gasteiger partial charge in [0.15, 0.2) is 0 Å². The minimum atomic E-state index is -1.26. The Morgan fingerprint density at radius 1 is 1.40 bits per heavy atom. The van der Waals surface area contributed by atoms with Crippen LogP contribution in [0.2, 0.25) is 5.02 Å². The zero-order chi connectivity index (χ0) is 24.8. The van der Waals surface area contributed by atoms with Crippen LogP contribution in [-0.2, 0) is 4.79 Å². The van der Waals surface area contributed by atoms with Crippen LogP contribution in [0.1, 0.15) is 37.4 Å². The number of carboxylic acids is 1. The van der Waals surface area contributed by atoms with E-state index < -0.39 is 12.1 Å². The molecule has 1 fully saturated rings. The molecule has 0 amide bonds. The largest absolute Gasteiger partial charge is 0.497 e. The second-order valence-corrected chi connectivity index (χ2v) is 11.3. The highest BCUT2D eigenvalue weighted by Gasteiger charge is 2.31. The van der Waals surface area contributed by atoms with Crippen molar-refractivity contribution in [1.82, 2.24) is 9.88 Å². The first-order chi connectivity index (χ1) is 16.9. The van der Waals surface area contributed by atoms with Gasteiger partial charge in [0.1, 0.15) is 11.9 Å². The second-order valence-electron chi connectivity index (χ2n) is 8.96. The minimum Gasteiger partial charge on any atom is -0.497 e. The summed E-state index contributed by atoms with van der Waals surface area (Å²) < 4.78 is 20.9. The molecule has 5 nitrogen and oxygen atoms in total. The molecule has 1 aliphatic heterocycles. The van der Waals surface area contributed by atoms with Gasteiger partial charge in [0.05, 0.1) is 17.6 Å². The molecule has 1 aromatic carbocycles. The van der Waals surface area contributed by atoms with Gasteiger partial charge in [-0.15, -0.1) is 11.8 Å². The average Bonchev–Trinajstić information content (AvgIpc) is 3.36. The van der Waals surface area contributed by atoms with Crippen LogP contribution in [0.15, 0.2) is 46.1 Å². The summed E-state index contributed by atoms with van der Waals surface area (Å²) in [5.41, 5.74) is 1.11. The van der Waals surface area contributed by atoms with Gasteiger partial charge in [0, 0.05) is 52.7 Å². The molecule has 0 unspecified atom stereocenters. The Bertz CT molecular complexity index is 1130. The van der Waals surface area contributed by atoms with Crippen molar-refractivity contribution >= 4 is 51.6 Å². The molecule has 0 bridgehead atoms. The Hall–Kier alpha value is -1.87. The maximum Gasteiger partial charge on any atom is 0.303 e. The summed E-state index contributed by atoms with van der Waals surface area (Å²) in [6.45, 7) is 2.59. The van der Waals surface area contributed by atoms with Crippen molar-refractivity contribution in [3.63, 3.8) is 0 Å². The van der Waals surface area contributed by atoms with Gasteiger partial charge >= 0.3 is 5.97 Å². The van der Waals surface area contributed by atoms with Gasteiger partial charge in [0.2, 0.25) is 0 Å². The van der Waals surface area contributed by atoms with Gasteiger partial charge < -0.3 is 14.7 Å². The number of rotatable bonds is 11. The molecule has 0 spiro atoms. The predicted molar refractivity (Wildman–Crippen MR) is 142 cm³/mol. The molecule has 3 heterocycles. The molecule has 9 heteroatoms. The van der Waals surface area contributed by atoms with Crippen molar-refractivity contribution in [3.05, 3.63) is 51.8 Å². The van der Waals surface area contributed by atoms with Crippen molar-refractivity contribution in [2.24, 2.45) is 11.8 Å². The van der Waals surface area contributed by atoms with Crippen LogP contribution in [0, 0.1) is 11.8 Å². The number of alkyl halides is 1. The summed E-state index contributed by atoms with van der Waals surface area (Å²) in [6, 6.07) is 7.49. The molecule has 1 aliphatic rings. The summed E-state index contributed by atoms with van der Waals surface area (Å²) in [4.78, 5) is 19.5. The van der Waals surface area contributed by atoms with Gasteiger partial charge in [-0.1, -0.05) is 11.6 Å². The van der Waals surface area contributed by atoms with Crippen LogP contribution in [0.4, 0.5) is 4.39 Å². The predicted octanol–water partition coefficient (Wildman–Crippen LogP) is 6.95. The van der Waals surface area contributed by atoms with Crippen molar-refractivity contribution in [1.29, 1.82) is 0 Å². The molecule has 188 valence electrons. The third kappa shape index (κ3) is 6.88. The topological polar surface area (TPSA) is 62.7 Å². The molecule has 0 saturated carbocycles. The third-order valence-corrected chi connectivity index (χ3v) is 8.86. The molecule has 0 radical (unpaired) electrons. The first kappa shape index (κ1) is 26.2. The fourth-order valence-corrected chi connectivity index (χ4v) is 7.00. The lowest BCUT2D eigenvalue weighted by molar-refractivity contribution is -0.139. The number of carbonyl (C=O) groups is 1. The fourth-order valence-electron chi connectivity index (χ4n) is 4.94. The molecule has 0 aliphatic carbocycles. The van der Waals surface area contributed by atoms with E-state index in [2.05, 4.69) is 26.7 Å². The summed E-state index contributed by atoms with van der Waals surface area (Å²) >= 11 is 9.91. The number of thioether (sulfide) groups is 1. The maximum atomic E-state index is 15.6. The van der Waals surface area contributed by atoms with E-state index in [-0.39, 0.29) is 18.3 Å². The number of likely N-dealkylation sites (tertiary alicyclic amines) is 1. The number of hydrogen-bond donors (Lipinski definition) is 1. The highest BCUT2D eigenvalue weighted by molar-refractivity contribution is 7.99. The van der Waals surface area contributed by atoms with Crippen LogP contribution in [0.25, 0.3) is 10.9 Å². The van der Waals surface area contributed by atoms with Crippen LogP contribution in [0.3, 0.4) is 0 Å². The molecule has 3 atom stereocenters. The number of nitrogens with zero attached hydrogens (tertiary/aromatic N) is 2. The van der Waals surface area contributed by atoms with Crippen LogP contribution in [-0.4, -0.2) is 53.5 Å². The Balaban J connectivity index is 1.39. The van der Waals surface area contributed by atoms with E-state index >= 15 is 4.39 Å². The smallest absolute Gasteiger partial charge is 0.303 e. The summed E-state index contributed by atoms with van der Waals surface area (Å²) in [7, 11) is 1.57. The Kier molecular flexibility index (Phi) is 9.27. The summed E-state index contributed by atoms with van der Waals surface area (Å²) in [6.07, 6.45) is 2.16. The number of aromatic nitrogens is 1. The van der Waals surface area contributed by atoms with E-state index in [9.17, 15) is 9.90 Å². The first-order valence-corrected chi connectivity index (χ1v) is 14.1. The van der Waals surface area contributed by atoms with Gasteiger partial charge in [0.25, 0.3) is 0 Å². The minimum absolute atomic E-state index is 0.0179. The number of ether oxygens (including phenoxy) is 1. The number of aliphatic carboxylic acids is 1. The monoisotopic (exact) mass is 536 g/mol. The van der Waals surface area contributed by atoms with Crippen LogP contribution in [0.5, 0.6) is 5.75 Å². The lowest BCUT2D eigenvalue weighted by Crippen LogP contribution is -2.42. The highest BCUT2D eigenvalue weighted by atomic mass is 35.5. The van der Waals surface area contributed by atoms with Gasteiger partial charge in [-0.25, -0.2) is 4.39 Å². The number of hydrogen-bond acceptors (Lipinski definition) is 6. The fraction of sp³-hybridized carbons (Fsp3) is 0.462. The number of piperidine rings is 1. The lowest BCUT2D eigenvalue weighted by atomic mass is 9.79. The second kappa shape index (κ2) is 12.4. The molecular weight excluding hydrogens is 507 g/mol. The lowest BCUT2D eigenvalue weighted by Gasteiger charge is -2.38. The number of methoxy groups -OCH3 is 1. The average molecular weight is 537 g/mol. The quantitative estimate of drug-likeness (QED) is 0.267. The van der Waals surface area contributed by atoms with E-state index in [0.717, 1.165) is 31.8 Å². The summed E-state index contributed by atoms with van der Waals surface area (Å²) in [5.74, 6) is 1.00. The first-order valence-electron chi connectivity index (χ1n) is 11.8. The molecule has 3 aromatic rings. The molecule has 35 heavy (non-hydrogen) atoms. The van der Waals surface area contributed by atoms with Crippen molar-refractivity contribution < 1.29 is 19.0 Å². The Labute approximate surface area is 218 Å². The van der Waals surface area contributed by atoms with Gasteiger partial charge in [-0.3, -0.25) is 9.78 Å². The van der Waals surface area contributed by atoms with Crippen molar-refractivity contribution in [2.45, 2.75) is 36.8 Å². The zero-order valence-corrected chi connectivity index (χ0v) is 22.0. The van der Waals surface area contributed by atoms with E-state index in [1.54, 1.807) is 36.6 Å². The molecule has 4 rings (SSSR count). The van der Waals surface area contributed by atoms with Gasteiger partial charge in [-0.05, 0) is 67.3 Å². The van der Waals surface area contributed by atoms with Crippen LogP contribution >= 0.6 is 34.7 Å². The highest BCUT2D eigenvalue weighted by Crippen LogP contribution is 2.39. The van der Waals surface area contributed by atoms with E-state index in [0.29, 0.717) is 40.1 Å². The Morgan fingerprint density at radius 2 is 2.26 bits per heavy atom. The maximum absolute atomic E-state index is 15.6. The van der Waals surface area contributed by atoms with Crippen molar-refractivity contribution in [3.8, 4) is 5.75 Å². The number of carboxylic acid groups (broad SMARTS) is 1. The van der Waals surface area contributed by atoms with Crippen LogP contribution < -0.4 is 4.74 Å². The molecular formula is C26H30ClFN2O3S2. The van der Waals surface area contributed by atoms with Gasteiger partial charge in [-0.2, -0.15) is 11.3 Å². The number of halogens is 2. The Morgan fingerprint density at radius 3 is 3.00 bits per heavy atom. The molecule has 1 saturated heterocycles. The standard InChI is InChI=1S/C26H30ClFN2O3S2/c1-33-19-3-5-24-21(13-19)26(22(27)14-29-24)23(28)4-2-17-6-8-30(15-18(17)12-25(31)32)9-11-35-20-7-10-34-16-20/h3,5,7,10,13-14,16-18,23H,2,4,6,8-9,11-12,15H2,1H3,(H,31,32)/t17-,18-,23+/m1/s1. The SMILES string of the molecule is COc1ccc2ncc(Cl)c([C@@H](F)CC[C@@H]3CCN(CCSc4ccsc4)C[C@H]3CC(=O)O)c2c1. The molecule has 2 aromatic heterocycles. The normalized spacial score (nSPS) is 19.6. The summed E-state index contributed by atoms with van der Waals surface area (Å²) in [5, 5.41) is 14.7. The number of pyridine rings is 1. The number of benzene rings is 1. The zero-order valence-electron chi connectivity index (χ0n) is 19.7. The van der Waals surface area contributed by atoms with E-state index in [4.69, 9.17) is 16.3 Å². The third-order valence-electron chi connectivity index (χ3n) is 6.76. The number of thiophene rings is 1. The molecule has 1 N–H and O–H groups in total. The van der Waals surface area contributed by atoms with E-state index in [1.807, 2.05) is 11.8 Å². The number of fused-ring (bicyclic) bond motifs is 1. The van der Waals surface area contributed by atoms with E-state index in [1.165, 1.54) is 11.1 Å².